The van der Waals surface area contributed by atoms with E-state index in [0.717, 1.165) is 5.69 Å². The summed E-state index contributed by atoms with van der Waals surface area (Å²) in [6.45, 7) is 0.584. The van der Waals surface area contributed by atoms with Crippen molar-refractivity contribution in [2.24, 2.45) is 0 Å². The predicted octanol–water partition coefficient (Wildman–Crippen LogP) is 2.99. The zero-order valence-electron chi connectivity index (χ0n) is 12.6. The van der Waals surface area contributed by atoms with Gasteiger partial charge in [0.15, 0.2) is 6.10 Å². The zero-order chi connectivity index (χ0) is 16.4. The maximum atomic E-state index is 14.1. The van der Waals surface area contributed by atoms with E-state index in [9.17, 15) is 9.18 Å². The van der Waals surface area contributed by atoms with E-state index in [4.69, 9.17) is 16.3 Å². The Kier molecular flexibility index (Phi) is 4.39. The fourth-order valence-electron chi connectivity index (χ4n) is 2.63. The Morgan fingerprint density at radius 2 is 2.13 bits per heavy atom. The van der Waals surface area contributed by atoms with Crippen molar-refractivity contribution in [3.05, 3.63) is 58.9 Å². The number of rotatable bonds is 3. The Balaban J connectivity index is 1.95. The van der Waals surface area contributed by atoms with Crippen molar-refractivity contribution in [3.8, 4) is 5.75 Å². The number of halogens is 2. The van der Waals surface area contributed by atoms with E-state index in [1.165, 1.54) is 6.07 Å². The van der Waals surface area contributed by atoms with Crippen LogP contribution in [0.1, 0.15) is 5.56 Å². The lowest BCUT2D eigenvalue weighted by atomic mass is 10.1. The van der Waals surface area contributed by atoms with Crippen molar-refractivity contribution in [2.75, 3.05) is 18.5 Å². The smallest absolute Gasteiger partial charge is 0.262 e. The second-order valence-electron chi connectivity index (χ2n) is 5.27. The van der Waals surface area contributed by atoms with Gasteiger partial charge in [-0.1, -0.05) is 29.8 Å². The molecule has 1 unspecified atom stereocenters. The largest absolute Gasteiger partial charge is 0.477 e. The average molecular weight is 335 g/mol. The van der Waals surface area contributed by atoms with Gasteiger partial charge in [-0.2, -0.15) is 0 Å². The molecule has 0 saturated heterocycles. The molecule has 1 amide bonds. The van der Waals surface area contributed by atoms with Crippen LogP contribution in [0, 0.1) is 5.82 Å². The molecule has 0 bridgehead atoms. The van der Waals surface area contributed by atoms with E-state index in [-0.39, 0.29) is 18.3 Å². The quantitative estimate of drug-likeness (QED) is 0.938. The van der Waals surface area contributed by atoms with Gasteiger partial charge >= 0.3 is 0 Å². The third-order valence-corrected chi connectivity index (χ3v) is 4.16. The number of ether oxygens (including phenoxy) is 1. The van der Waals surface area contributed by atoms with E-state index in [1.54, 1.807) is 25.2 Å². The zero-order valence-corrected chi connectivity index (χ0v) is 13.3. The SMILES string of the molecule is CNC(=O)C1CN(Cc2c(F)cccc2Cl)c2ccccc2O1. The number of likely N-dealkylation sites (N-methyl/N-ethyl adjacent to an activating group) is 1. The van der Waals surface area contributed by atoms with Gasteiger partial charge in [-0.05, 0) is 24.3 Å². The summed E-state index contributed by atoms with van der Waals surface area (Å²) in [5, 5.41) is 2.95. The average Bonchev–Trinajstić information content (AvgIpc) is 2.57. The number of carbonyl (C=O) groups is 1. The summed E-state index contributed by atoms with van der Waals surface area (Å²) >= 11 is 6.12. The van der Waals surface area contributed by atoms with Crippen LogP contribution in [0.5, 0.6) is 5.75 Å². The lowest BCUT2D eigenvalue weighted by molar-refractivity contribution is -0.127. The molecule has 4 nitrogen and oxygen atoms in total. The minimum atomic E-state index is -0.652. The summed E-state index contributed by atoms with van der Waals surface area (Å²) < 4.78 is 19.8. The van der Waals surface area contributed by atoms with Crippen LogP contribution in [0.25, 0.3) is 0 Å². The highest BCUT2D eigenvalue weighted by atomic mass is 35.5. The van der Waals surface area contributed by atoms with Crippen molar-refractivity contribution >= 4 is 23.2 Å². The number of nitrogens with zero attached hydrogens (tertiary/aromatic N) is 1. The maximum Gasteiger partial charge on any atom is 0.262 e. The highest BCUT2D eigenvalue weighted by molar-refractivity contribution is 6.31. The lowest BCUT2D eigenvalue weighted by Gasteiger charge is -2.35. The van der Waals surface area contributed by atoms with E-state index in [2.05, 4.69) is 5.32 Å². The minimum Gasteiger partial charge on any atom is -0.477 e. The highest BCUT2D eigenvalue weighted by Crippen LogP contribution is 2.35. The van der Waals surface area contributed by atoms with Gasteiger partial charge in [0.05, 0.1) is 12.2 Å². The summed E-state index contributed by atoms with van der Waals surface area (Å²) in [5.74, 6) is 0.0157. The molecule has 0 aromatic heterocycles. The van der Waals surface area contributed by atoms with Crippen LogP contribution in [-0.4, -0.2) is 25.6 Å². The van der Waals surface area contributed by atoms with Gasteiger partial charge in [0, 0.05) is 24.2 Å². The molecule has 0 fully saturated rings. The summed E-state index contributed by atoms with van der Waals surface area (Å²) in [7, 11) is 1.56. The monoisotopic (exact) mass is 334 g/mol. The molecule has 120 valence electrons. The van der Waals surface area contributed by atoms with Gasteiger partial charge < -0.3 is 15.0 Å². The van der Waals surface area contributed by atoms with Crippen LogP contribution < -0.4 is 15.0 Å². The lowest BCUT2D eigenvalue weighted by Crippen LogP contribution is -2.48. The fourth-order valence-corrected chi connectivity index (χ4v) is 2.85. The highest BCUT2D eigenvalue weighted by Gasteiger charge is 2.30. The standard InChI is InChI=1S/C17H16ClFN2O2/c1-20-17(22)16-10-21(14-7-2-3-8-15(14)23-16)9-11-12(18)5-4-6-13(11)19/h2-8,16H,9-10H2,1H3,(H,20,22). The fraction of sp³-hybridized carbons (Fsp3) is 0.235. The predicted molar refractivity (Wildman–Crippen MR) is 87.4 cm³/mol. The molecule has 0 saturated carbocycles. The first-order valence-electron chi connectivity index (χ1n) is 7.25. The van der Waals surface area contributed by atoms with Crippen LogP contribution in [0.4, 0.5) is 10.1 Å². The summed E-state index contributed by atoms with van der Waals surface area (Å²) in [4.78, 5) is 13.9. The van der Waals surface area contributed by atoms with E-state index in [0.29, 0.717) is 22.9 Å². The van der Waals surface area contributed by atoms with Crippen LogP contribution in [0.3, 0.4) is 0 Å². The first kappa shape index (κ1) is 15.6. The number of para-hydroxylation sites is 2. The Labute approximate surface area is 138 Å². The molecule has 1 atom stereocenters. The third kappa shape index (κ3) is 3.10. The summed E-state index contributed by atoms with van der Waals surface area (Å²) in [6, 6.07) is 12.0. The van der Waals surface area contributed by atoms with Crippen molar-refractivity contribution in [1.29, 1.82) is 0 Å². The Bertz CT molecular complexity index is 718. The van der Waals surface area contributed by atoms with Gasteiger partial charge in [0.2, 0.25) is 0 Å². The van der Waals surface area contributed by atoms with E-state index in [1.807, 2.05) is 23.1 Å². The molecule has 2 aromatic rings. The summed E-state index contributed by atoms with van der Waals surface area (Å²) in [6.07, 6.45) is -0.652. The topological polar surface area (TPSA) is 41.6 Å². The molecular weight excluding hydrogens is 319 g/mol. The van der Waals surface area contributed by atoms with Gasteiger partial charge in [-0.25, -0.2) is 4.39 Å². The Hall–Kier alpha value is -2.27. The molecule has 1 N–H and O–H groups in total. The third-order valence-electron chi connectivity index (χ3n) is 3.81. The summed E-state index contributed by atoms with van der Waals surface area (Å²) in [5.41, 5.74) is 1.22. The Morgan fingerprint density at radius 3 is 2.87 bits per heavy atom. The molecule has 0 spiro atoms. The first-order valence-corrected chi connectivity index (χ1v) is 7.63. The van der Waals surface area contributed by atoms with Crippen molar-refractivity contribution < 1.29 is 13.9 Å². The number of fused-ring (bicyclic) bond motifs is 1. The van der Waals surface area contributed by atoms with Crippen molar-refractivity contribution in [2.45, 2.75) is 12.6 Å². The number of anilines is 1. The molecule has 2 aromatic carbocycles. The van der Waals surface area contributed by atoms with Crippen LogP contribution >= 0.6 is 11.6 Å². The second-order valence-corrected chi connectivity index (χ2v) is 5.68. The maximum absolute atomic E-state index is 14.1. The van der Waals surface area contributed by atoms with E-state index >= 15 is 0 Å². The Morgan fingerprint density at radius 1 is 1.35 bits per heavy atom. The molecule has 23 heavy (non-hydrogen) atoms. The molecule has 0 radical (unpaired) electrons. The second kappa shape index (κ2) is 6.46. The van der Waals surface area contributed by atoms with Crippen molar-refractivity contribution in [1.82, 2.24) is 5.32 Å². The molecule has 6 heteroatoms. The molecular formula is C17H16ClFN2O2. The molecule has 1 aliphatic rings. The number of benzene rings is 2. The number of nitrogens with one attached hydrogen (secondary N) is 1. The molecule has 1 heterocycles. The normalized spacial score (nSPS) is 16.5. The number of hydrogen-bond donors (Lipinski definition) is 1. The van der Waals surface area contributed by atoms with Crippen LogP contribution in [0.2, 0.25) is 5.02 Å². The van der Waals surface area contributed by atoms with Crippen molar-refractivity contribution in [3.63, 3.8) is 0 Å². The van der Waals surface area contributed by atoms with E-state index < -0.39 is 6.10 Å². The van der Waals surface area contributed by atoms with Gasteiger partial charge in [0.25, 0.3) is 5.91 Å². The first-order chi connectivity index (χ1) is 11.1. The van der Waals surface area contributed by atoms with Gasteiger partial charge in [-0.3, -0.25) is 4.79 Å². The van der Waals surface area contributed by atoms with Gasteiger partial charge in [0.1, 0.15) is 11.6 Å². The molecule has 3 rings (SSSR count). The molecule has 1 aliphatic heterocycles. The minimum absolute atomic E-state index is 0.218. The number of carbonyl (C=O) groups excluding carboxylic acids is 1. The molecule has 0 aliphatic carbocycles. The van der Waals surface area contributed by atoms with Crippen LogP contribution in [0.15, 0.2) is 42.5 Å². The number of amides is 1. The van der Waals surface area contributed by atoms with Crippen LogP contribution in [-0.2, 0) is 11.3 Å². The van der Waals surface area contributed by atoms with Gasteiger partial charge in [-0.15, -0.1) is 0 Å². The number of hydrogen-bond acceptors (Lipinski definition) is 3.